The van der Waals surface area contributed by atoms with Gasteiger partial charge in [-0.05, 0) is 12.8 Å². The van der Waals surface area contributed by atoms with E-state index in [0.29, 0.717) is 35.2 Å². The Labute approximate surface area is 157 Å². The van der Waals surface area contributed by atoms with Crippen LogP contribution in [0.2, 0.25) is 0 Å². The van der Waals surface area contributed by atoms with Crippen LogP contribution in [0.1, 0.15) is 41.0 Å². The minimum absolute atomic E-state index is 0.0226. The number of fused-ring (bicyclic) bond motifs is 1. The van der Waals surface area contributed by atoms with Crippen molar-refractivity contribution in [3.63, 3.8) is 0 Å². The molecule has 0 aliphatic heterocycles. The van der Waals surface area contributed by atoms with Gasteiger partial charge in [0, 0.05) is 31.8 Å². The molecule has 0 radical (unpaired) electrons. The maximum Gasteiger partial charge on any atom is 0.229 e. The van der Waals surface area contributed by atoms with E-state index in [0.717, 1.165) is 19.3 Å². The summed E-state index contributed by atoms with van der Waals surface area (Å²) in [6.07, 6.45) is 6.82. The monoisotopic (exact) mass is 373 g/mol. The zero-order valence-electron chi connectivity index (χ0n) is 14.7. The molecule has 2 aliphatic rings. The van der Waals surface area contributed by atoms with E-state index in [2.05, 4.69) is 23.5 Å². The molecule has 0 spiro atoms. The number of aromatic nitrogens is 1. The maximum absolute atomic E-state index is 12.7. The van der Waals surface area contributed by atoms with Crippen molar-refractivity contribution in [1.82, 2.24) is 9.88 Å². The second-order valence-corrected chi connectivity index (χ2v) is 7.76. The van der Waals surface area contributed by atoms with Gasteiger partial charge in [0.15, 0.2) is 10.9 Å². The van der Waals surface area contributed by atoms with Crippen LogP contribution in [0, 0.1) is 11.8 Å². The highest BCUT2D eigenvalue weighted by Gasteiger charge is 2.35. The molecular weight excluding hydrogens is 350 g/mol. The summed E-state index contributed by atoms with van der Waals surface area (Å²) in [7, 11) is 0. The summed E-state index contributed by atoms with van der Waals surface area (Å²) in [5.41, 5.74) is 0.616. The van der Waals surface area contributed by atoms with Gasteiger partial charge in [0.25, 0.3) is 0 Å². The van der Waals surface area contributed by atoms with Gasteiger partial charge in [-0.2, -0.15) is 0 Å². The normalized spacial score (nSPS) is 19.2. The second kappa shape index (κ2) is 7.95. The first-order valence-corrected chi connectivity index (χ1v) is 9.69. The van der Waals surface area contributed by atoms with Crippen LogP contribution in [0.3, 0.4) is 0 Å². The van der Waals surface area contributed by atoms with Crippen molar-refractivity contribution < 1.29 is 14.4 Å². The van der Waals surface area contributed by atoms with E-state index in [1.54, 1.807) is 17.1 Å². The van der Waals surface area contributed by atoms with Gasteiger partial charge in [-0.3, -0.25) is 14.4 Å². The zero-order chi connectivity index (χ0) is 18.7. The minimum atomic E-state index is -0.424. The van der Waals surface area contributed by atoms with Crippen LogP contribution in [0.5, 0.6) is 0 Å². The van der Waals surface area contributed by atoms with Crippen LogP contribution in [-0.4, -0.2) is 40.6 Å². The molecule has 138 valence electrons. The first kappa shape index (κ1) is 18.5. The molecule has 1 saturated carbocycles. The van der Waals surface area contributed by atoms with Crippen molar-refractivity contribution in [2.45, 2.75) is 32.1 Å². The van der Waals surface area contributed by atoms with Crippen LogP contribution in [0.4, 0.5) is 5.13 Å². The van der Waals surface area contributed by atoms with Crippen LogP contribution < -0.4 is 5.32 Å². The summed E-state index contributed by atoms with van der Waals surface area (Å²) in [5.74, 6) is -0.551. The number of carbonyl (C=O) groups is 3. The minimum Gasteiger partial charge on any atom is -0.335 e. The van der Waals surface area contributed by atoms with Gasteiger partial charge >= 0.3 is 0 Å². The SMILES string of the molecule is C=CCN(CC=C)C(=O)[C@@H]1CC(=O)c2sc(NC(=O)C3CCC3)nc2C1. The topological polar surface area (TPSA) is 79.4 Å². The smallest absolute Gasteiger partial charge is 0.229 e. The molecule has 2 aliphatic carbocycles. The van der Waals surface area contributed by atoms with Crippen molar-refractivity contribution in [3.05, 3.63) is 35.9 Å². The molecule has 1 aromatic heterocycles. The number of amides is 2. The van der Waals surface area contributed by atoms with Crippen molar-refractivity contribution in [1.29, 1.82) is 0 Å². The maximum atomic E-state index is 12.7. The molecule has 7 heteroatoms. The third kappa shape index (κ3) is 3.77. The molecule has 0 bridgehead atoms. The molecule has 26 heavy (non-hydrogen) atoms. The number of carbonyl (C=O) groups excluding carboxylic acids is 3. The molecule has 1 N–H and O–H groups in total. The number of nitrogens with one attached hydrogen (secondary N) is 1. The Bertz CT molecular complexity index is 741. The number of rotatable bonds is 7. The molecule has 0 aromatic carbocycles. The van der Waals surface area contributed by atoms with Crippen molar-refractivity contribution in [2.24, 2.45) is 11.8 Å². The zero-order valence-corrected chi connectivity index (χ0v) is 15.5. The summed E-state index contributed by atoms with van der Waals surface area (Å²) >= 11 is 1.22. The van der Waals surface area contributed by atoms with E-state index in [9.17, 15) is 14.4 Å². The highest BCUT2D eigenvalue weighted by atomic mass is 32.1. The molecule has 6 nitrogen and oxygen atoms in total. The van der Waals surface area contributed by atoms with Gasteiger partial charge < -0.3 is 10.2 Å². The number of anilines is 1. The van der Waals surface area contributed by atoms with Gasteiger partial charge in [-0.1, -0.05) is 29.9 Å². The highest BCUT2D eigenvalue weighted by Crippen LogP contribution is 2.34. The number of thiazole rings is 1. The van der Waals surface area contributed by atoms with E-state index >= 15 is 0 Å². The lowest BCUT2D eigenvalue weighted by Crippen LogP contribution is -2.39. The molecule has 0 saturated heterocycles. The summed E-state index contributed by atoms with van der Waals surface area (Å²) in [6.45, 7) is 8.18. The van der Waals surface area contributed by atoms with E-state index < -0.39 is 5.92 Å². The largest absolute Gasteiger partial charge is 0.335 e. The third-order valence-corrected chi connectivity index (χ3v) is 5.94. The van der Waals surface area contributed by atoms with Crippen molar-refractivity contribution >= 4 is 34.1 Å². The van der Waals surface area contributed by atoms with Gasteiger partial charge in [-0.15, -0.1) is 13.2 Å². The number of hydrogen-bond acceptors (Lipinski definition) is 5. The molecule has 1 aromatic rings. The van der Waals surface area contributed by atoms with Crippen LogP contribution in [0.25, 0.3) is 0 Å². The number of nitrogens with zero attached hydrogens (tertiary/aromatic N) is 2. The van der Waals surface area contributed by atoms with E-state index in [1.165, 1.54) is 11.3 Å². The molecule has 1 atom stereocenters. The predicted molar refractivity (Wildman–Crippen MR) is 101 cm³/mol. The highest BCUT2D eigenvalue weighted by molar-refractivity contribution is 7.17. The van der Waals surface area contributed by atoms with E-state index in [-0.39, 0.29) is 29.9 Å². The third-order valence-electron chi connectivity index (χ3n) is 4.89. The second-order valence-electron chi connectivity index (χ2n) is 6.76. The first-order valence-electron chi connectivity index (χ1n) is 8.87. The Hall–Kier alpha value is -2.28. The number of hydrogen-bond donors (Lipinski definition) is 1. The lowest BCUT2D eigenvalue weighted by atomic mass is 9.85. The van der Waals surface area contributed by atoms with Crippen LogP contribution in [0.15, 0.2) is 25.3 Å². The van der Waals surface area contributed by atoms with Crippen LogP contribution >= 0.6 is 11.3 Å². The summed E-state index contributed by atoms with van der Waals surface area (Å²) in [4.78, 5) is 43.9. The summed E-state index contributed by atoms with van der Waals surface area (Å²) in [6, 6.07) is 0. The van der Waals surface area contributed by atoms with Crippen LogP contribution in [-0.2, 0) is 16.0 Å². The fourth-order valence-corrected chi connectivity index (χ4v) is 4.21. The molecule has 1 fully saturated rings. The Morgan fingerprint density at radius 1 is 1.19 bits per heavy atom. The van der Waals surface area contributed by atoms with E-state index in [1.807, 2.05) is 0 Å². The van der Waals surface area contributed by atoms with Crippen molar-refractivity contribution in [3.8, 4) is 0 Å². The summed E-state index contributed by atoms with van der Waals surface area (Å²) in [5, 5.41) is 3.28. The Morgan fingerprint density at radius 3 is 2.46 bits per heavy atom. The molecule has 3 rings (SSSR count). The average Bonchev–Trinajstić information content (AvgIpc) is 2.95. The quantitative estimate of drug-likeness (QED) is 0.746. The Kier molecular flexibility index (Phi) is 5.66. The Morgan fingerprint density at radius 2 is 1.88 bits per heavy atom. The standard InChI is InChI=1S/C19H23N3O3S/c1-3-8-22(9-4-2)18(25)13-10-14-16(15(23)11-13)26-19(20-14)21-17(24)12-6-5-7-12/h3-4,12-13H,1-2,5-11H2,(H,20,21,24)/t13-/m0/s1. The van der Waals surface area contributed by atoms with Crippen molar-refractivity contribution in [2.75, 3.05) is 18.4 Å². The fourth-order valence-electron chi connectivity index (χ4n) is 3.26. The fraction of sp³-hybridized carbons (Fsp3) is 0.474. The van der Waals surface area contributed by atoms with Gasteiger partial charge in [0.1, 0.15) is 0 Å². The molecular formula is C19H23N3O3S. The average molecular weight is 373 g/mol. The lowest BCUT2D eigenvalue weighted by molar-refractivity contribution is -0.134. The Balaban J connectivity index is 1.71. The van der Waals surface area contributed by atoms with E-state index in [4.69, 9.17) is 0 Å². The molecule has 1 heterocycles. The predicted octanol–water partition coefficient (Wildman–Crippen LogP) is 2.83. The summed E-state index contributed by atoms with van der Waals surface area (Å²) < 4.78 is 0. The lowest BCUT2D eigenvalue weighted by Gasteiger charge is -2.26. The first-order chi connectivity index (χ1) is 12.5. The molecule has 0 unspecified atom stereocenters. The van der Waals surface area contributed by atoms with Gasteiger partial charge in [0.05, 0.1) is 16.5 Å². The molecule has 2 amide bonds. The number of ketones is 1. The van der Waals surface area contributed by atoms with Gasteiger partial charge in [-0.25, -0.2) is 4.98 Å². The van der Waals surface area contributed by atoms with Gasteiger partial charge in [0.2, 0.25) is 11.8 Å². The number of Topliss-reactive ketones (excluding diaryl/α,β-unsaturated/α-hetero) is 1.